The van der Waals surface area contributed by atoms with Gasteiger partial charge in [-0.25, -0.2) is 9.59 Å². The molecule has 0 unspecified atom stereocenters. The van der Waals surface area contributed by atoms with E-state index in [4.69, 9.17) is 9.47 Å². The summed E-state index contributed by atoms with van der Waals surface area (Å²) in [5.74, 6) is -1.85. The second-order valence-electron chi connectivity index (χ2n) is 5.91. The van der Waals surface area contributed by atoms with Crippen molar-refractivity contribution in [3.63, 3.8) is 0 Å². The van der Waals surface area contributed by atoms with Gasteiger partial charge in [0.25, 0.3) is 5.69 Å². The number of nitro benzene ring substituents is 1. The number of hydrogen-bond acceptors (Lipinski definition) is 7. The van der Waals surface area contributed by atoms with Crippen LogP contribution in [-0.2, 0) is 14.3 Å². The van der Waals surface area contributed by atoms with Crippen LogP contribution in [0.15, 0.2) is 48.5 Å². The molecular weight excluding hydrogens is 392 g/mol. The standard InChI is InChI=1S/C21H20N2O7/c1-3-29-20(25)15-11-16(21(26)30-4-2)13-17(12-15)22-19(24)9-8-14-6-5-7-18(10-14)23(27)28/h5-13H,3-4H2,1-2H3,(H,22,24)/b9-8+. The normalized spacial score (nSPS) is 10.5. The van der Waals surface area contributed by atoms with Gasteiger partial charge in [0.05, 0.1) is 29.3 Å². The minimum absolute atomic E-state index is 0.0837. The maximum atomic E-state index is 12.3. The summed E-state index contributed by atoms with van der Waals surface area (Å²) in [7, 11) is 0. The van der Waals surface area contributed by atoms with Gasteiger partial charge in [-0.1, -0.05) is 12.1 Å². The molecule has 0 atom stereocenters. The summed E-state index contributed by atoms with van der Waals surface area (Å²) in [6, 6.07) is 9.85. The maximum absolute atomic E-state index is 12.3. The lowest BCUT2D eigenvalue weighted by atomic mass is 10.1. The van der Waals surface area contributed by atoms with Gasteiger partial charge in [0.2, 0.25) is 5.91 Å². The van der Waals surface area contributed by atoms with Crippen LogP contribution in [0.2, 0.25) is 0 Å². The lowest BCUT2D eigenvalue weighted by molar-refractivity contribution is -0.384. The number of nitrogens with zero attached hydrogens (tertiary/aromatic N) is 1. The predicted octanol–water partition coefficient (Wildman–Crippen LogP) is 3.60. The van der Waals surface area contributed by atoms with Crippen molar-refractivity contribution < 1.29 is 28.8 Å². The summed E-state index contributed by atoms with van der Waals surface area (Å²) in [4.78, 5) is 46.7. The highest BCUT2D eigenvalue weighted by atomic mass is 16.6. The SMILES string of the molecule is CCOC(=O)c1cc(NC(=O)/C=C/c2cccc([N+](=O)[O-])c2)cc(C(=O)OCC)c1. The van der Waals surface area contributed by atoms with Crippen molar-refractivity contribution in [1.82, 2.24) is 0 Å². The zero-order chi connectivity index (χ0) is 22.1. The smallest absolute Gasteiger partial charge is 0.338 e. The summed E-state index contributed by atoms with van der Waals surface area (Å²) >= 11 is 0. The quantitative estimate of drug-likeness (QED) is 0.304. The van der Waals surface area contributed by atoms with E-state index in [-0.39, 0.29) is 35.7 Å². The molecule has 30 heavy (non-hydrogen) atoms. The van der Waals surface area contributed by atoms with Crippen molar-refractivity contribution in [1.29, 1.82) is 0 Å². The molecule has 2 aromatic rings. The largest absolute Gasteiger partial charge is 0.462 e. The molecule has 0 aliphatic rings. The molecule has 0 fully saturated rings. The first-order valence-corrected chi connectivity index (χ1v) is 9.07. The van der Waals surface area contributed by atoms with Crippen LogP contribution >= 0.6 is 0 Å². The van der Waals surface area contributed by atoms with Crippen LogP contribution in [0, 0.1) is 10.1 Å². The summed E-state index contributed by atoms with van der Waals surface area (Å²) in [6.07, 6.45) is 2.59. The van der Waals surface area contributed by atoms with Crippen LogP contribution in [0.3, 0.4) is 0 Å². The van der Waals surface area contributed by atoms with Crippen LogP contribution < -0.4 is 5.32 Å². The number of anilines is 1. The molecule has 0 spiro atoms. The van der Waals surface area contributed by atoms with Crippen molar-refractivity contribution in [2.75, 3.05) is 18.5 Å². The number of esters is 2. The average Bonchev–Trinajstić information content (AvgIpc) is 2.72. The number of carbonyl (C=O) groups is 3. The second-order valence-corrected chi connectivity index (χ2v) is 5.91. The maximum Gasteiger partial charge on any atom is 0.338 e. The molecule has 0 heterocycles. The first-order valence-electron chi connectivity index (χ1n) is 9.07. The Kier molecular flexibility index (Phi) is 7.81. The van der Waals surface area contributed by atoms with E-state index in [0.29, 0.717) is 5.56 Å². The molecule has 9 nitrogen and oxygen atoms in total. The van der Waals surface area contributed by atoms with Gasteiger partial charge in [0.1, 0.15) is 0 Å². The van der Waals surface area contributed by atoms with Gasteiger partial charge in [-0.05, 0) is 43.7 Å². The number of nitrogens with one attached hydrogen (secondary N) is 1. The molecule has 0 aliphatic heterocycles. The minimum Gasteiger partial charge on any atom is -0.462 e. The van der Waals surface area contributed by atoms with Gasteiger partial charge < -0.3 is 14.8 Å². The number of nitro groups is 1. The van der Waals surface area contributed by atoms with E-state index in [2.05, 4.69) is 5.32 Å². The Morgan fingerprint density at radius 3 is 2.13 bits per heavy atom. The summed E-state index contributed by atoms with van der Waals surface area (Å²) in [5, 5.41) is 13.4. The van der Waals surface area contributed by atoms with Crippen molar-refractivity contribution in [3.05, 3.63) is 75.3 Å². The van der Waals surface area contributed by atoms with Crippen LogP contribution in [0.25, 0.3) is 6.08 Å². The highest BCUT2D eigenvalue weighted by molar-refractivity contribution is 6.04. The number of ether oxygens (including phenoxy) is 2. The number of rotatable bonds is 8. The Morgan fingerprint density at radius 1 is 1.00 bits per heavy atom. The van der Waals surface area contributed by atoms with E-state index in [0.717, 1.165) is 0 Å². The third-order valence-corrected chi connectivity index (χ3v) is 3.73. The topological polar surface area (TPSA) is 125 Å². The number of amides is 1. The highest BCUT2D eigenvalue weighted by Crippen LogP contribution is 2.18. The molecule has 0 aromatic heterocycles. The molecule has 2 aromatic carbocycles. The lowest BCUT2D eigenvalue weighted by Crippen LogP contribution is -2.13. The van der Waals surface area contributed by atoms with Gasteiger partial charge in [-0.2, -0.15) is 0 Å². The number of carbonyl (C=O) groups excluding carboxylic acids is 3. The minimum atomic E-state index is -0.647. The monoisotopic (exact) mass is 412 g/mol. The van der Waals surface area contributed by atoms with Gasteiger partial charge in [0, 0.05) is 23.9 Å². The predicted molar refractivity (Wildman–Crippen MR) is 109 cm³/mol. The molecule has 0 saturated carbocycles. The zero-order valence-corrected chi connectivity index (χ0v) is 16.4. The summed E-state index contributed by atoms with van der Waals surface area (Å²) in [5.41, 5.74) is 0.726. The first kappa shape index (κ1) is 22.3. The molecule has 0 saturated heterocycles. The fourth-order valence-corrected chi connectivity index (χ4v) is 2.46. The zero-order valence-electron chi connectivity index (χ0n) is 16.4. The second kappa shape index (κ2) is 10.5. The van der Waals surface area contributed by atoms with Gasteiger partial charge in [0.15, 0.2) is 0 Å². The molecule has 156 valence electrons. The fourth-order valence-electron chi connectivity index (χ4n) is 2.46. The highest BCUT2D eigenvalue weighted by Gasteiger charge is 2.15. The van der Waals surface area contributed by atoms with E-state index in [1.165, 1.54) is 48.6 Å². The molecule has 2 rings (SSSR count). The average molecular weight is 412 g/mol. The molecule has 0 bridgehead atoms. The van der Waals surface area contributed by atoms with Gasteiger partial charge in [-0.15, -0.1) is 0 Å². The third kappa shape index (κ3) is 6.26. The molecule has 1 N–H and O–H groups in total. The van der Waals surface area contributed by atoms with Crippen molar-refractivity contribution in [2.45, 2.75) is 13.8 Å². The fraction of sp³-hybridized carbons (Fsp3) is 0.190. The van der Waals surface area contributed by atoms with Crippen LogP contribution in [0.1, 0.15) is 40.1 Å². The molecule has 0 radical (unpaired) electrons. The van der Waals surface area contributed by atoms with Crippen molar-refractivity contribution >= 4 is 35.3 Å². The molecule has 0 aliphatic carbocycles. The Bertz CT molecular complexity index is 962. The Balaban J connectivity index is 2.23. The molecular formula is C21H20N2O7. The number of benzene rings is 2. The number of non-ortho nitro benzene ring substituents is 1. The third-order valence-electron chi connectivity index (χ3n) is 3.73. The van der Waals surface area contributed by atoms with E-state index in [1.54, 1.807) is 19.9 Å². The van der Waals surface area contributed by atoms with E-state index in [9.17, 15) is 24.5 Å². The molecule has 9 heteroatoms. The van der Waals surface area contributed by atoms with Crippen LogP contribution in [-0.4, -0.2) is 36.0 Å². The summed E-state index contributed by atoms with van der Waals surface area (Å²) in [6.45, 7) is 3.59. The van der Waals surface area contributed by atoms with E-state index >= 15 is 0 Å². The van der Waals surface area contributed by atoms with Gasteiger partial charge >= 0.3 is 11.9 Å². The van der Waals surface area contributed by atoms with Crippen LogP contribution in [0.5, 0.6) is 0 Å². The summed E-state index contributed by atoms with van der Waals surface area (Å²) < 4.78 is 9.89. The molecule has 1 amide bonds. The number of hydrogen-bond donors (Lipinski definition) is 1. The first-order chi connectivity index (χ1) is 14.3. The Morgan fingerprint density at radius 2 is 1.60 bits per heavy atom. The van der Waals surface area contributed by atoms with Crippen LogP contribution in [0.4, 0.5) is 11.4 Å². The van der Waals surface area contributed by atoms with Gasteiger partial charge in [-0.3, -0.25) is 14.9 Å². The Labute approximate surface area is 172 Å². The van der Waals surface area contributed by atoms with E-state index in [1.807, 2.05) is 0 Å². The van der Waals surface area contributed by atoms with Crippen molar-refractivity contribution in [3.8, 4) is 0 Å². The Hall–Kier alpha value is -4.01. The van der Waals surface area contributed by atoms with E-state index < -0.39 is 22.8 Å². The lowest BCUT2D eigenvalue weighted by Gasteiger charge is -2.09. The van der Waals surface area contributed by atoms with Crippen molar-refractivity contribution in [2.24, 2.45) is 0 Å².